The van der Waals surface area contributed by atoms with Gasteiger partial charge in [-0.3, -0.25) is 4.79 Å². The molecule has 0 atom stereocenters. The van der Waals surface area contributed by atoms with Crippen LogP contribution in [-0.4, -0.2) is 30.1 Å². The second-order valence-electron chi connectivity index (χ2n) is 6.88. The Morgan fingerprint density at radius 2 is 1.56 bits per heavy atom. The molecule has 0 radical (unpaired) electrons. The van der Waals surface area contributed by atoms with Gasteiger partial charge in [-0.05, 0) is 60.9 Å². The molecule has 0 amide bonds. The molecule has 0 aliphatic heterocycles. The molecule has 0 aliphatic rings. The van der Waals surface area contributed by atoms with Gasteiger partial charge in [-0.25, -0.2) is 0 Å². The average Bonchev–Trinajstić information content (AvgIpc) is 2.17. The molecular formula is C15H31NO2. The van der Waals surface area contributed by atoms with E-state index in [1.807, 2.05) is 20.8 Å². The van der Waals surface area contributed by atoms with Gasteiger partial charge in [-0.15, -0.1) is 0 Å². The average molecular weight is 257 g/mol. The van der Waals surface area contributed by atoms with Gasteiger partial charge in [-0.2, -0.15) is 0 Å². The van der Waals surface area contributed by atoms with Crippen molar-refractivity contribution in [1.82, 2.24) is 5.32 Å². The fourth-order valence-corrected chi connectivity index (χ4v) is 1.52. The van der Waals surface area contributed by atoms with Crippen LogP contribution in [0.3, 0.4) is 0 Å². The SMILES string of the molecule is CC(C)(C)NCCCC(=O)CCCOC(C)(C)C. The Labute approximate surface area is 113 Å². The van der Waals surface area contributed by atoms with E-state index in [9.17, 15) is 4.79 Å². The largest absolute Gasteiger partial charge is 0.376 e. The van der Waals surface area contributed by atoms with Crippen molar-refractivity contribution in [3.8, 4) is 0 Å². The molecule has 0 heterocycles. The number of nitrogens with one attached hydrogen (secondary N) is 1. The molecule has 18 heavy (non-hydrogen) atoms. The van der Waals surface area contributed by atoms with Crippen LogP contribution < -0.4 is 5.32 Å². The number of ether oxygens (including phenoxy) is 1. The van der Waals surface area contributed by atoms with Crippen molar-refractivity contribution in [3.05, 3.63) is 0 Å². The molecule has 3 heteroatoms. The minimum Gasteiger partial charge on any atom is -0.376 e. The molecule has 0 saturated carbocycles. The number of rotatable bonds is 8. The molecule has 3 nitrogen and oxygen atoms in total. The fourth-order valence-electron chi connectivity index (χ4n) is 1.52. The number of Topliss-reactive ketones (excluding diaryl/α,β-unsaturated/α-hetero) is 1. The lowest BCUT2D eigenvalue weighted by atomic mass is 10.1. The van der Waals surface area contributed by atoms with Crippen molar-refractivity contribution in [1.29, 1.82) is 0 Å². The van der Waals surface area contributed by atoms with Crippen LogP contribution in [-0.2, 0) is 9.53 Å². The Bertz CT molecular complexity index is 212. The smallest absolute Gasteiger partial charge is 0.133 e. The maximum absolute atomic E-state index is 11.6. The standard InChI is InChI=1S/C15H31NO2/c1-14(2,3)16-11-7-9-13(17)10-8-12-18-15(4,5)6/h16H,7-12H2,1-6H3. The van der Waals surface area contributed by atoms with E-state index in [-0.39, 0.29) is 11.1 Å². The quantitative estimate of drug-likeness (QED) is 0.678. The summed E-state index contributed by atoms with van der Waals surface area (Å²) in [6.07, 6.45) is 3.09. The number of hydrogen-bond acceptors (Lipinski definition) is 3. The lowest BCUT2D eigenvalue weighted by molar-refractivity contribution is -0.119. The first-order chi connectivity index (χ1) is 8.10. The van der Waals surface area contributed by atoms with Gasteiger partial charge in [0.1, 0.15) is 5.78 Å². The maximum atomic E-state index is 11.6. The molecule has 0 saturated heterocycles. The molecule has 0 aromatic carbocycles. The third kappa shape index (κ3) is 13.7. The van der Waals surface area contributed by atoms with E-state index in [4.69, 9.17) is 4.74 Å². The van der Waals surface area contributed by atoms with Crippen molar-refractivity contribution in [2.24, 2.45) is 0 Å². The molecule has 108 valence electrons. The molecule has 1 N–H and O–H groups in total. The van der Waals surface area contributed by atoms with Crippen molar-refractivity contribution in [2.75, 3.05) is 13.2 Å². The number of ketones is 1. The molecule has 0 bridgehead atoms. The van der Waals surface area contributed by atoms with Gasteiger partial charge in [0.05, 0.1) is 5.60 Å². The summed E-state index contributed by atoms with van der Waals surface area (Å²) in [6.45, 7) is 14.1. The van der Waals surface area contributed by atoms with Crippen LogP contribution in [0, 0.1) is 0 Å². The van der Waals surface area contributed by atoms with Crippen molar-refractivity contribution < 1.29 is 9.53 Å². The number of carbonyl (C=O) groups is 1. The molecule has 0 spiro atoms. The zero-order valence-electron chi connectivity index (χ0n) is 13.1. The van der Waals surface area contributed by atoms with Gasteiger partial charge in [0.2, 0.25) is 0 Å². The molecular weight excluding hydrogens is 226 g/mol. The van der Waals surface area contributed by atoms with Crippen LogP contribution in [0.4, 0.5) is 0 Å². The van der Waals surface area contributed by atoms with E-state index in [1.54, 1.807) is 0 Å². The van der Waals surface area contributed by atoms with Crippen LogP contribution in [0.5, 0.6) is 0 Å². The van der Waals surface area contributed by atoms with Gasteiger partial charge in [0.15, 0.2) is 0 Å². The first-order valence-electron chi connectivity index (χ1n) is 7.01. The Morgan fingerprint density at radius 3 is 2.06 bits per heavy atom. The number of hydrogen-bond donors (Lipinski definition) is 1. The summed E-state index contributed by atoms with van der Waals surface area (Å²) in [7, 11) is 0. The highest BCUT2D eigenvalue weighted by Gasteiger charge is 2.11. The molecule has 0 unspecified atom stereocenters. The minimum absolute atomic E-state index is 0.0975. The summed E-state index contributed by atoms with van der Waals surface area (Å²) >= 11 is 0. The zero-order chi connectivity index (χ0) is 14.2. The first kappa shape index (κ1) is 17.6. The lowest BCUT2D eigenvalue weighted by Crippen LogP contribution is -2.36. The molecule has 0 rings (SSSR count). The predicted molar refractivity (Wildman–Crippen MR) is 76.9 cm³/mol. The predicted octanol–water partition coefficient (Wildman–Crippen LogP) is 3.32. The first-order valence-corrected chi connectivity index (χ1v) is 7.01. The Morgan fingerprint density at radius 1 is 1.00 bits per heavy atom. The summed E-state index contributed by atoms with van der Waals surface area (Å²) in [4.78, 5) is 11.6. The Kier molecular flexibility index (Phi) is 7.72. The highest BCUT2D eigenvalue weighted by molar-refractivity contribution is 5.78. The number of carbonyl (C=O) groups excluding carboxylic acids is 1. The molecule has 0 aromatic rings. The van der Waals surface area contributed by atoms with Crippen molar-refractivity contribution >= 4 is 5.78 Å². The van der Waals surface area contributed by atoms with Crippen molar-refractivity contribution in [2.45, 2.75) is 78.4 Å². The van der Waals surface area contributed by atoms with E-state index < -0.39 is 0 Å². The van der Waals surface area contributed by atoms with Gasteiger partial charge >= 0.3 is 0 Å². The zero-order valence-corrected chi connectivity index (χ0v) is 13.1. The van der Waals surface area contributed by atoms with Gasteiger partial charge in [0, 0.05) is 25.0 Å². The Hall–Kier alpha value is -0.410. The summed E-state index contributed by atoms with van der Waals surface area (Å²) in [5.41, 5.74) is 0.0449. The second-order valence-corrected chi connectivity index (χ2v) is 6.88. The minimum atomic E-state index is -0.0975. The summed E-state index contributed by atoms with van der Waals surface area (Å²) in [5.74, 6) is 0.350. The normalized spacial score (nSPS) is 12.8. The third-order valence-corrected chi connectivity index (χ3v) is 2.42. The topological polar surface area (TPSA) is 38.3 Å². The third-order valence-electron chi connectivity index (χ3n) is 2.42. The van der Waals surface area contributed by atoms with Crippen LogP contribution in [0.15, 0.2) is 0 Å². The van der Waals surface area contributed by atoms with Crippen LogP contribution in [0.1, 0.15) is 67.2 Å². The molecule has 0 fully saturated rings. The summed E-state index contributed by atoms with van der Waals surface area (Å²) in [6, 6.07) is 0. The second kappa shape index (κ2) is 7.90. The van der Waals surface area contributed by atoms with Gasteiger partial charge < -0.3 is 10.1 Å². The van der Waals surface area contributed by atoms with E-state index in [2.05, 4.69) is 26.1 Å². The summed E-state index contributed by atoms with van der Waals surface area (Å²) in [5, 5.41) is 3.39. The Balaban J connectivity index is 3.44. The highest BCUT2D eigenvalue weighted by atomic mass is 16.5. The van der Waals surface area contributed by atoms with Crippen LogP contribution >= 0.6 is 0 Å². The summed E-state index contributed by atoms with van der Waals surface area (Å²) < 4.78 is 5.59. The van der Waals surface area contributed by atoms with Crippen LogP contribution in [0.25, 0.3) is 0 Å². The van der Waals surface area contributed by atoms with E-state index in [1.165, 1.54) is 0 Å². The van der Waals surface area contributed by atoms with Crippen LogP contribution in [0.2, 0.25) is 0 Å². The van der Waals surface area contributed by atoms with E-state index in [0.717, 1.165) is 19.4 Å². The van der Waals surface area contributed by atoms with Gasteiger partial charge in [-0.1, -0.05) is 0 Å². The van der Waals surface area contributed by atoms with Crippen molar-refractivity contribution in [3.63, 3.8) is 0 Å². The van der Waals surface area contributed by atoms with E-state index in [0.29, 0.717) is 25.2 Å². The molecule has 0 aromatic heterocycles. The highest BCUT2D eigenvalue weighted by Crippen LogP contribution is 2.08. The van der Waals surface area contributed by atoms with Gasteiger partial charge in [0.25, 0.3) is 0 Å². The monoisotopic (exact) mass is 257 g/mol. The molecule has 0 aliphatic carbocycles. The maximum Gasteiger partial charge on any atom is 0.133 e. The lowest BCUT2D eigenvalue weighted by Gasteiger charge is -2.20. The fraction of sp³-hybridized carbons (Fsp3) is 0.933. The van der Waals surface area contributed by atoms with E-state index >= 15 is 0 Å².